The minimum Gasteiger partial charge on any atom is -0.454 e. The zero-order valence-electron chi connectivity index (χ0n) is 12.1. The van der Waals surface area contributed by atoms with Gasteiger partial charge in [0.25, 0.3) is 0 Å². The molecule has 6 nitrogen and oxygen atoms in total. The van der Waals surface area contributed by atoms with Crippen molar-refractivity contribution in [2.24, 2.45) is 0 Å². The third-order valence-corrected chi connectivity index (χ3v) is 3.98. The average molecular weight is 372 g/mol. The molecule has 0 aliphatic carbocycles. The SMILES string of the molecule is CC(=O)N[C@@H]1C[C@H](O)O[C@H](CBr)[C@@H]1OC(=O)c1ccccc1. The van der Waals surface area contributed by atoms with Gasteiger partial charge in [-0.25, -0.2) is 4.79 Å². The molecule has 0 unspecified atom stereocenters. The summed E-state index contributed by atoms with van der Waals surface area (Å²) in [4.78, 5) is 23.5. The monoisotopic (exact) mass is 371 g/mol. The zero-order valence-corrected chi connectivity index (χ0v) is 13.7. The Balaban J connectivity index is 2.15. The van der Waals surface area contributed by atoms with Crippen LogP contribution in [0.25, 0.3) is 0 Å². The number of aliphatic hydroxyl groups is 1. The molecular formula is C15H18BrNO5. The van der Waals surface area contributed by atoms with Crippen LogP contribution in [0.3, 0.4) is 0 Å². The van der Waals surface area contributed by atoms with E-state index in [4.69, 9.17) is 9.47 Å². The zero-order chi connectivity index (χ0) is 16.1. The molecule has 120 valence electrons. The summed E-state index contributed by atoms with van der Waals surface area (Å²) >= 11 is 3.28. The predicted octanol–water partition coefficient (Wildman–Crippen LogP) is 1.22. The third-order valence-electron chi connectivity index (χ3n) is 3.34. The molecule has 1 aromatic rings. The van der Waals surface area contributed by atoms with Gasteiger partial charge in [-0.15, -0.1) is 0 Å². The highest BCUT2D eigenvalue weighted by Crippen LogP contribution is 2.24. The van der Waals surface area contributed by atoms with Crippen LogP contribution in [0.2, 0.25) is 0 Å². The second kappa shape index (κ2) is 7.71. The Bertz CT molecular complexity index is 524. The number of halogens is 1. The van der Waals surface area contributed by atoms with Gasteiger partial charge in [0, 0.05) is 18.7 Å². The van der Waals surface area contributed by atoms with E-state index in [9.17, 15) is 14.7 Å². The van der Waals surface area contributed by atoms with Crippen molar-refractivity contribution in [1.82, 2.24) is 5.32 Å². The summed E-state index contributed by atoms with van der Waals surface area (Å²) in [6, 6.07) is 8.08. The first-order chi connectivity index (χ1) is 10.5. The highest BCUT2D eigenvalue weighted by molar-refractivity contribution is 9.09. The maximum atomic E-state index is 12.2. The van der Waals surface area contributed by atoms with Gasteiger partial charge in [-0.05, 0) is 12.1 Å². The lowest BCUT2D eigenvalue weighted by Crippen LogP contribution is -2.57. The second-order valence-corrected chi connectivity index (χ2v) is 5.71. The van der Waals surface area contributed by atoms with E-state index in [0.29, 0.717) is 10.9 Å². The van der Waals surface area contributed by atoms with Gasteiger partial charge >= 0.3 is 5.97 Å². The summed E-state index contributed by atoms with van der Waals surface area (Å²) in [7, 11) is 0. The van der Waals surface area contributed by atoms with Crippen LogP contribution in [0, 0.1) is 0 Å². The van der Waals surface area contributed by atoms with Crippen molar-refractivity contribution in [3.8, 4) is 0 Å². The fourth-order valence-corrected chi connectivity index (χ4v) is 2.92. The molecule has 0 saturated carbocycles. The molecule has 1 aliphatic heterocycles. The highest BCUT2D eigenvalue weighted by Gasteiger charge is 2.41. The summed E-state index contributed by atoms with van der Waals surface area (Å²) in [5.74, 6) is -0.750. The number of amides is 1. The number of aliphatic hydroxyl groups excluding tert-OH is 1. The Morgan fingerprint density at radius 1 is 1.41 bits per heavy atom. The molecule has 0 aromatic heterocycles. The van der Waals surface area contributed by atoms with E-state index in [0.717, 1.165) is 0 Å². The second-order valence-electron chi connectivity index (χ2n) is 5.06. The number of nitrogens with one attached hydrogen (secondary N) is 1. The molecule has 0 radical (unpaired) electrons. The fraction of sp³-hybridized carbons (Fsp3) is 0.467. The van der Waals surface area contributed by atoms with Crippen molar-refractivity contribution in [1.29, 1.82) is 0 Å². The van der Waals surface area contributed by atoms with Crippen LogP contribution in [0.15, 0.2) is 30.3 Å². The fourth-order valence-electron chi connectivity index (χ4n) is 2.40. The van der Waals surface area contributed by atoms with Crippen molar-refractivity contribution in [2.75, 3.05) is 5.33 Å². The minimum absolute atomic E-state index is 0.163. The number of hydrogen-bond donors (Lipinski definition) is 2. The lowest BCUT2D eigenvalue weighted by Gasteiger charge is -2.39. The van der Waals surface area contributed by atoms with Crippen LogP contribution in [0.5, 0.6) is 0 Å². The molecule has 7 heteroatoms. The van der Waals surface area contributed by atoms with Crippen molar-refractivity contribution >= 4 is 27.8 Å². The van der Waals surface area contributed by atoms with E-state index in [-0.39, 0.29) is 12.3 Å². The van der Waals surface area contributed by atoms with Crippen molar-refractivity contribution in [2.45, 2.75) is 37.9 Å². The Labute approximate surface area is 136 Å². The standard InChI is InChI=1S/C15H18BrNO5/c1-9(18)17-11-7-13(19)21-12(8-16)14(11)22-15(20)10-5-3-2-4-6-10/h2-6,11-14,19H,7-8H2,1H3,(H,17,18)/t11-,12-,13-,14-/m1/s1. The normalized spacial score (nSPS) is 28.0. The van der Waals surface area contributed by atoms with Gasteiger partial charge in [0.1, 0.15) is 12.2 Å². The van der Waals surface area contributed by atoms with E-state index in [1.807, 2.05) is 0 Å². The Morgan fingerprint density at radius 2 is 2.09 bits per heavy atom. The Kier molecular flexibility index (Phi) is 5.93. The molecule has 1 heterocycles. The number of rotatable bonds is 4. The van der Waals surface area contributed by atoms with Gasteiger partial charge < -0.3 is 19.9 Å². The first kappa shape index (κ1) is 16.9. The molecule has 1 fully saturated rings. The number of alkyl halides is 1. The summed E-state index contributed by atoms with van der Waals surface area (Å²) in [6.07, 6.45) is -2.07. The largest absolute Gasteiger partial charge is 0.454 e. The molecule has 0 bridgehead atoms. The van der Waals surface area contributed by atoms with Gasteiger partial charge in [-0.2, -0.15) is 0 Å². The molecule has 22 heavy (non-hydrogen) atoms. The van der Waals surface area contributed by atoms with Gasteiger partial charge in [-0.3, -0.25) is 4.79 Å². The van der Waals surface area contributed by atoms with Gasteiger partial charge in [0.05, 0.1) is 11.6 Å². The molecule has 1 aliphatic rings. The van der Waals surface area contributed by atoms with Crippen LogP contribution < -0.4 is 5.32 Å². The third kappa shape index (κ3) is 4.28. The highest BCUT2D eigenvalue weighted by atomic mass is 79.9. The smallest absolute Gasteiger partial charge is 0.338 e. The molecule has 2 N–H and O–H groups in total. The number of benzene rings is 1. The number of hydrogen-bond acceptors (Lipinski definition) is 5. The summed E-state index contributed by atoms with van der Waals surface area (Å²) in [6.45, 7) is 1.38. The van der Waals surface area contributed by atoms with Crippen LogP contribution >= 0.6 is 15.9 Å². The predicted molar refractivity (Wildman–Crippen MR) is 82.5 cm³/mol. The van der Waals surface area contributed by atoms with Crippen molar-refractivity contribution in [3.63, 3.8) is 0 Å². The topological polar surface area (TPSA) is 84.9 Å². The number of ether oxygens (including phenoxy) is 2. The van der Waals surface area contributed by atoms with E-state index in [1.165, 1.54) is 6.92 Å². The molecule has 0 spiro atoms. The number of esters is 1. The molecule has 1 amide bonds. The van der Waals surface area contributed by atoms with Gasteiger partial charge in [0.2, 0.25) is 5.91 Å². The Morgan fingerprint density at radius 3 is 2.68 bits per heavy atom. The first-order valence-electron chi connectivity index (χ1n) is 6.94. The van der Waals surface area contributed by atoms with Crippen LogP contribution in [-0.4, -0.2) is 46.9 Å². The van der Waals surface area contributed by atoms with Crippen LogP contribution in [-0.2, 0) is 14.3 Å². The minimum atomic E-state index is -1.01. The van der Waals surface area contributed by atoms with Crippen molar-refractivity contribution < 1.29 is 24.2 Å². The lowest BCUT2D eigenvalue weighted by molar-refractivity contribution is -0.201. The number of carbonyl (C=O) groups is 2. The van der Waals surface area contributed by atoms with Gasteiger partial charge in [0.15, 0.2) is 6.29 Å². The summed E-state index contributed by atoms with van der Waals surface area (Å²) < 4.78 is 10.9. The molecule has 1 aromatic carbocycles. The molecule has 1 saturated heterocycles. The quantitative estimate of drug-likeness (QED) is 0.613. The maximum absolute atomic E-state index is 12.2. The Hall–Kier alpha value is -1.44. The molecule has 2 rings (SSSR count). The van der Waals surface area contributed by atoms with Crippen molar-refractivity contribution in [3.05, 3.63) is 35.9 Å². The van der Waals surface area contributed by atoms with E-state index in [2.05, 4.69) is 21.2 Å². The average Bonchev–Trinajstić information content (AvgIpc) is 2.49. The molecule has 4 atom stereocenters. The molecular weight excluding hydrogens is 354 g/mol. The maximum Gasteiger partial charge on any atom is 0.338 e. The van der Waals surface area contributed by atoms with E-state index >= 15 is 0 Å². The van der Waals surface area contributed by atoms with Crippen LogP contribution in [0.4, 0.5) is 0 Å². The van der Waals surface area contributed by atoms with Crippen LogP contribution in [0.1, 0.15) is 23.7 Å². The van der Waals surface area contributed by atoms with Gasteiger partial charge in [-0.1, -0.05) is 34.1 Å². The summed E-state index contributed by atoms with van der Waals surface area (Å²) in [5, 5.41) is 12.8. The number of carbonyl (C=O) groups excluding carboxylic acids is 2. The lowest BCUT2D eigenvalue weighted by atomic mass is 9.99. The van der Waals surface area contributed by atoms with E-state index < -0.39 is 30.5 Å². The summed E-state index contributed by atoms with van der Waals surface area (Å²) in [5.41, 5.74) is 0.420. The first-order valence-corrected chi connectivity index (χ1v) is 8.06. The van der Waals surface area contributed by atoms with E-state index in [1.54, 1.807) is 30.3 Å².